The van der Waals surface area contributed by atoms with Crippen LogP contribution in [-0.4, -0.2) is 43.3 Å². The van der Waals surface area contributed by atoms with E-state index < -0.39 is 11.9 Å². The highest BCUT2D eigenvalue weighted by Crippen LogP contribution is 2.27. The van der Waals surface area contributed by atoms with Crippen LogP contribution in [0.25, 0.3) is 0 Å². The number of nitrogens with zero attached hydrogens (tertiary/aromatic N) is 2. The van der Waals surface area contributed by atoms with Crippen LogP contribution in [0.5, 0.6) is 11.5 Å². The lowest BCUT2D eigenvalue weighted by Gasteiger charge is -2.09. The molecule has 0 bridgehead atoms. The summed E-state index contributed by atoms with van der Waals surface area (Å²) in [5.74, 6) is 0.203. The van der Waals surface area contributed by atoms with Crippen molar-refractivity contribution in [3.05, 3.63) is 69.8 Å². The van der Waals surface area contributed by atoms with Gasteiger partial charge in [-0.25, -0.2) is 4.79 Å². The third-order valence-corrected chi connectivity index (χ3v) is 4.75. The number of carbonyl (C=O) groups is 2. The molecule has 10 heteroatoms. The Labute approximate surface area is 183 Å². The zero-order valence-corrected chi connectivity index (χ0v) is 17.9. The molecule has 2 aromatic carbocycles. The van der Waals surface area contributed by atoms with Gasteiger partial charge in [0, 0.05) is 18.0 Å². The van der Waals surface area contributed by atoms with E-state index in [4.69, 9.17) is 30.3 Å². The Kier molecular flexibility index (Phi) is 7.09. The van der Waals surface area contributed by atoms with Crippen LogP contribution in [0.4, 0.5) is 0 Å². The van der Waals surface area contributed by atoms with Gasteiger partial charge in [0.15, 0.2) is 17.3 Å². The Balaban J connectivity index is 1.66. The van der Waals surface area contributed by atoms with Crippen molar-refractivity contribution in [1.82, 2.24) is 15.5 Å². The van der Waals surface area contributed by atoms with Gasteiger partial charge in [0.1, 0.15) is 0 Å². The zero-order chi connectivity index (χ0) is 22.4. The average Bonchev–Trinajstić information content (AvgIpc) is 3.26. The first kappa shape index (κ1) is 22.1. The number of rotatable bonds is 8. The van der Waals surface area contributed by atoms with Gasteiger partial charge in [0.25, 0.3) is 0 Å². The molecular formula is C21H20ClN3O6. The predicted molar refractivity (Wildman–Crippen MR) is 111 cm³/mol. The van der Waals surface area contributed by atoms with Crippen molar-refractivity contribution in [3.63, 3.8) is 0 Å². The summed E-state index contributed by atoms with van der Waals surface area (Å²) in [6.45, 7) is 0.226. The summed E-state index contributed by atoms with van der Waals surface area (Å²) in [5.41, 5.74) is 1.75. The van der Waals surface area contributed by atoms with Crippen LogP contribution in [0.2, 0.25) is 5.02 Å². The molecule has 0 unspecified atom stereocenters. The average molecular weight is 446 g/mol. The van der Waals surface area contributed by atoms with Crippen LogP contribution < -0.4 is 14.8 Å². The predicted octanol–water partition coefficient (Wildman–Crippen LogP) is 3.05. The maximum Gasteiger partial charge on any atom is 0.337 e. The Hall–Kier alpha value is -3.59. The second-order valence-corrected chi connectivity index (χ2v) is 6.77. The van der Waals surface area contributed by atoms with Crippen molar-refractivity contribution in [2.45, 2.75) is 13.0 Å². The third-order valence-electron chi connectivity index (χ3n) is 4.38. The van der Waals surface area contributed by atoms with E-state index in [0.717, 1.165) is 5.56 Å². The minimum atomic E-state index is -0.525. The molecule has 0 aliphatic heterocycles. The lowest BCUT2D eigenvalue weighted by molar-refractivity contribution is 0.0600. The molecule has 162 valence electrons. The molecule has 1 amide bonds. The van der Waals surface area contributed by atoms with E-state index in [1.807, 2.05) is 0 Å². The topological polar surface area (TPSA) is 113 Å². The van der Waals surface area contributed by atoms with Crippen LogP contribution >= 0.6 is 11.6 Å². The summed E-state index contributed by atoms with van der Waals surface area (Å²) in [5, 5.41) is 6.95. The number of halogens is 1. The number of methoxy groups -OCH3 is 3. The van der Waals surface area contributed by atoms with E-state index in [-0.39, 0.29) is 24.7 Å². The van der Waals surface area contributed by atoms with E-state index >= 15 is 0 Å². The number of amides is 1. The molecular weight excluding hydrogens is 426 g/mol. The molecule has 0 spiro atoms. The van der Waals surface area contributed by atoms with Gasteiger partial charge in [0.05, 0.1) is 26.9 Å². The molecule has 0 fully saturated rings. The molecule has 0 radical (unpaired) electrons. The minimum Gasteiger partial charge on any atom is -0.493 e. The highest BCUT2D eigenvalue weighted by Gasteiger charge is 2.17. The Morgan fingerprint density at radius 1 is 1.06 bits per heavy atom. The SMILES string of the molecule is COC(=O)c1ccc(Cl)c(Cc2noc(C(=O)NCc3ccc(OC)c(OC)c3)n2)c1. The van der Waals surface area contributed by atoms with Crippen LogP contribution in [0.1, 0.15) is 38.0 Å². The standard InChI is InChI=1S/C21H20ClN3O6/c1-28-16-7-4-12(8-17(16)29-2)11-23-19(26)20-24-18(25-31-20)10-14-9-13(21(27)30-3)5-6-15(14)22/h4-9H,10-11H2,1-3H3,(H,23,26). The highest BCUT2D eigenvalue weighted by atomic mass is 35.5. The number of aromatic nitrogens is 2. The maximum atomic E-state index is 12.4. The van der Waals surface area contributed by atoms with Gasteiger partial charge < -0.3 is 24.1 Å². The fourth-order valence-corrected chi connectivity index (χ4v) is 2.98. The number of hydrogen-bond acceptors (Lipinski definition) is 8. The first-order chi connectivity index (χ1) is 14.9. The van der Waals surface area contributed by atoms with E-state index in [9.17, 15) is 9.59 Å². The molecule has 31 heavy (non-hydrogen) atoms. The normalized spacial score (nSPS) is 10.5. The Morgan fingerprint density at radius 2 is 1.84 bits per heavy atom. The first-order valence-corrected chi connectivity index (χ1v) is 9.51. The monoisotopic (exact) mass is 445 g/mol. The molecule has 1 aromatic heterocycles. The number of nitrogens with one attached hydrogen (secondary N) is 1. The molecule has 0 saturated carbocycles. The molecule has 1 heterocycles. The molecule has 3 rings (SSSR count). The number of hydrogen-bond donors (Lipinski definition) is 1. The van der Waals surface area contributed by atoms with Crippen molar-refractivity contribution < 1.29 is 28.3 Å². The van der Waals surface area contributed by atoms with Gasteiger partial charge in [-0.05, 0) is 41.5 Å². The van der Waals surface area contributed by atoms with Gasteiger partial charge in [-0.1, -0.05) is 22.8 Å². The summed E-state index contributed by atoms with van der Waals surface area (Å²) in [6, 6.07) is 10.0. The molecule has 1 N–H and O–H groups in total. The number of esters is 1. The van der Waals surface area contributed by atoms with Crippen molar-refractivity contribution in [1.29, 1.82) is 0 Å². The largest absolute Gasteiger partial charge is 0.493 e. The summed E-state index contributed by atoms with van der Waals surface area (Å²) >= 11 is 6.19. The molecule has 0 aliphatic rings. The van der Waals surface area contributed by atoms with Crippen molar-refractivity contribution in [2.24, 2.45) is 0 Å². The number of carbonyl (C=O) groups excluding carboxylic acids is 2. The van der Waals surface area contributed by atoms with Gasteiger partial charge in [-0.2, -0.15) is 4.98 Å². The quantitative estimate of drug-likeness (QED) is 0.526. The van der Waals surface area contributed by atoms with E-state index in [1.165, 1.54) is 14.2 Å². The number of ether oxygens (including phenoxy) is 3. The fourth-order valence-electron chi connectivity index (χ4n) is 2.79. The Morgan fingerprint density at radius 3 is 2.55 bits per heavy atom. The van der Waals surface area contributed by atoms with Crippen LogP contribution in [-0.2, 0) is 17.7 Å². The molecule has 0 saturated heterocycles. The number of benzene rings is 2. The van der Waals surface area contributed by atoms with Gasteiger partial charge in [-0.3, -0.25) is 4.79 Å². The van der Waals surface area contributed by atoms with E-state index in [1.54, 1.807) is 43.5 Å². The zero-order valence-electron chi connectivity index (χ0n) is 17.1. The van der Waals surface area contributed by atoms with E-state index in [0.29, 0.717) is 27.6 Å². The van der Waals surface area contributed by atoms with Gasteiger partial charge >= 0.3 is 17.8 Å². The van der Waals surface area contributed by atoms with E-state index in [2.05, 4.69) is 15.5 Å². The minimum absolute atomic E-state index is 0.177. The summed E-state index contributed by atoms with van der Waals surface area (Å²) in [7, 11) is 4.38. The summed E-state index contributed by atoms with van der Waals surface area (Å²) in [4.78, 5) is 28.2. The lowest BCUT2D eigenvalue weighted by atomic mass is 10.1. The smallest absolute Gasteiger partial charge is 0.337 e. The van der Waals surface area contributed by atoms with Crippen molar-refractivity contribution in [3.8, 4) is 11.5 Å². The second kappa shape index (κ2) is 9.94. The fraction of sp³-hybridized carbons (Fsp3) is 0.238. The molecule has 0 atom stereocenters. The summed E-state index contributed by atoms with van der Waals surface area (Å²) in [6.07, 6.45) is 0.177. The van der Waals surface area contributed by atoms with Crippen molar-refractivity contribution >= 4 is 23.5 Å². The van der Waals surface area contributed by atoms with Crippen LogP contribution in [0, 0.1) is 0 Å². The first-order valence-electron chi connectivity index (χ1n) is 9.13. The highest BCUT2D eigenvalue weighted by molar-refractivity contribution is 6.31. The maximum absolute atomic E-state index is 12.4. The van der Waals surface area contributed by atoms with Crippen LogP contribution in [0.15, 0.2) is 40.9 Å². The molecule has 0 aliphatic carbocycles. The third kappa shape index (κ3) is 5.32. The van der Waals surface area contributed by atoms with Gasteiger partial charge in [-0.15, -0.1) is 0 Å². The molecule has 3 aromatic rings. The van der Waals surface area contributed by atoms with Crippen molar-refractivity contribution in [2.75, 3.05) is 21.3 Å². The van der Waals surface area contributed by atoms with Crippen LogP contribution in [0.3, 0.4) is 0 Å². The molecule has 9 nitrogen and oxygen atoms in total. The summed E-state index contributed by atoms with van der Waals surface area (Å²) < 4.78 is 20.2. The second-order valence-electron chi connectivity index (χ2n) is 6.36. The Bertz CT molecular complexity index is 1100. The van der Waals surface area contributed by atoms with Gasteiger partial charge in [0.2, 0.25) is 0 Å². The lowest BCUT2D eigenvalue weighted by Crippen LogP contribution is -2.23.